The molecule has 1 heterocycles. The van der Waals surface area contributed by atoms with E-state index in [0.29, 0.717) is 0 Å². The van der Waals surface area contributed by atoms with Gasteiger partial charge in [0.25, 0.3) is 5.91 Å². The lowest BCUT2D eigenvalue weighted by molar-refractivity contribution is -0.120. The molecule has 32 heavy (non-hydrogen) atoms. The van der Waals surface area contributed by atoms with E-state index in [2.05, 4.69) is 10.6 Å². The van der Waals surface area contributed by atoms with Gasteiger partial charge >= 0.3 is 0 Å². The Balaban J connectivity index is 1.44. The number of benzene rings is 3. The van der Waals surface area contributed by atoms with E-state index in [-0.39, 0.29) is 24.6 Å². The molecule has 1 aromatic heterocycles. The molecule has 0 unspecified atom stereocenters. The molecule has 160 valence electrons. The highest BCUT2D eigenvalue weighted by atomic mass is 19.1. The lowest BCUT2D eigenvalue weighted by Gasteiger charge is -2.07. The molecule has 0 aliphatic carbocycles. The third-order valence-electron chi connectivity index (χ3n) is 4.83. The summed E-state index contributed by atoms with van der Waals surface area (Å²) in [5.41, 5.74) is 3.60. The van der Waals surface area contributed by atoms with E-state index in [1.165, 1.54) is 18.2 Å². The van der Waals surface area contributed by atoms with Gasteiger partial charge in [-0.3, -0.25) is 9.59 Å². The Kier molecular flexibility index (Phi) is 6.36. The first kappa shape index (κ1) is 21.0. The maximum absolute atomic E-state index is 13.3. The van der Waals surface area contributed by atoms with Crippen LogP contribution < -0.4 is 10.6 Å². The number of nitrogens with one attached hydrogen (secondary N) is 2. The Morgan fingerprint density at radius 3 is 2.31 bits per heavy atom. The van der Waals surface area contributed by atoms with Crippen LogP contribution in [0.4, 0.5) is 4.39 Å². The second-order valence-electron chi connectivity index (χ2n) is 7.12. The van der Waals surface area contributed by atoms with Crippen molar-refractivity contribution in [1.82, 2.24) is 20.4 Å². The van der Waals surface area contributed by atoms with E-state index in [0.717, 1.165) is 28.6 Å². The third-order valence-corrected chi connectivity index (χ3v) is 4.83. The van der Waals surface area contributed by atoms with Gasteiger partial charge in [-0.2, -0.15) is 5.10 Å². The summed E-state index contributed by atoms with van der Waals surface area (Å²) in [4.78, 5) is 24.4. The van der Waals surface area contributed by atoms with Gasteiger partial charge in [-0.25, -0.2) is 9.07 Å². The van der Waals surface area contributed by atoms with Crippen molar-refractivity contribution in [2.75, 3.05) is 6.54 Å². The van der Waals surface area contributed by atoms with Crippen molar-refractivity contribution in [2.24, 2.45) is 0 Å². The average molecular weight is 428 g/mol. The highest BCUT2D eigenvalue weighted by molar-refractivity contribution is 5.96. The van der Waals surface area contributed by atoms with Crippen LogP contribution >= 0.6 is 0 Å². The summed E-state index contributed by atoms with van der Waals surface area (Å²) in [5, 5.41) is 10.0. The molecule has 4 rings (SSSR count). The van der Waals surface area contributed by atoms with E-state index in [1.54, 1.807) is 4.68 Å². The summed E-state index contributed by atoms with van der Waals surface area (Å²) in [6.45, 7) is 0.0224. The first-order chi connectivity index (χ1) is 15.6. The second kappa shape index (κ2) is 9.70. The van der Waals surface area contributed by atoms with Crippen LogP contribution in [0.5, 0.6) is 0 Å². The number of hydrogen-bond donors (Lipinski definition) is 2. The minimum absolute atomic E-state index is 0.160. The molecular formula is C25H21FN4O2. The van der Waals surface area contributed by atoms with Crippen molar-refractivity contribution in [3.05, 3.63) is 108 Å². The molecule has 6 nitrogen and oxygen atoms in total. The summed E-state index contributed by atoms with van der Waals surface area (Å²) >= 11 is 0. The minimum atomic E-state index is -0.512. The molecule has 0 atom stereocenters. The van der Waals surface area contributed by atoms with Crippen LogP contribution in [0.2, 0.25) is 0 Å². The summed E-state index contributed by atoms with van der Waals surface area (Å²) in [6.07, 6.45) is 1.88. The number of carbonyl (C=O) groups is 2. The monoisotopic (exact) mass is 428 g/mol. The van der Waals surface area contributed by atoms with E-state index < -0.39 is 11.7 Å². The number of carbonyl (C=O) groups excluding carboxylic acids is 2. The van der Waals surface area contributed by atoms with Gasteiger partial charge in [0.2, 0.25) is 5.91 Å². The van der Waals surface area contributed by atoms with Crippen molar-refractivity contribution in [1.29, 1.82) is 0 Å². The minimum Gasteiger partial charge on any atom is -0.350 e. The van der Waals surface area contributed by atoms with E-state index in [9.17, 15) is 14.0 Å². The van der Waals surface area contributed by atoms with Gasteiger partial charge < -0.3 is 10.6 Å². The lowest BCUT2D eigenvalue weighted by Crippen LogP contribution is -2.36. The fourth-order valence-electron chi connectivity index (χ4n) is 3.24. The number of amides is 2. The number of rotatable bonds is 7. The molecule has 0 spiro atoms. The van der Waals surface area contributed by atoms with Crippen LogP contribution in [0.15, 0.2) is 91.1 Å². The van der Waals surface area contributed by atoms with Gasteiger partial charge in [-0.05, 0) is 30.3 Å². The Hall–Kier alpha value is -4.26. The number of hydrogen-bond acceptors (Lipinski definition) is 3. The van der Waals surface area contributed by atoms with Crippen LogP contribution in [0.3, 0.4) is 0 Å². The first-order valence-electron chi connectivity index (χ1n) is 10.1. The van der Waals surface area contributed by atoms with Crippen LogP contribution in [-0.2, 0) is 11.3 Å². The number of nitrogens with zero attached hydrogens (tertiary/aromatic N) is 2. The van der Waals surface area contributed by atoms with Gasteiger partial charge in [-0.15, -0.1) is 0 Å². The van der Waals surface area contributed by atoms with Crippen molar-refractivity contribution >= 4 is 11.8 Å². The van der Waals surface area contributed by atoms with Crippen LogP contribution in [0.25, 0.3) is 16.9 Å². The molecule has 2 amide bonds. The number of aromatic nitrogens is 2. The molecular weight excluding hydrogens is 407 g/mol. The Morgan fingerprint density at radius 2 is 1.59 bits per heavy atom. The van der Waals surface area contributed by atoms with E-state index in [4.69, 9.17) is 5.10 Å². The van der Waals surface area contributed by atoms with E-state index >= 15 is 0 Å². The number of para-hydroxylation sites is 1. The average Bonchev–Trinajstić information content (AvgIpc) is 3.26. The van der Waals surface area contributed by atoms with Crippen LogP contribution in [0.1, 0.15) is 15.9 Å². The molecule has 4 aromatic rings. The first-order valence-corrected chi connectivity index (χ1v) is 10.1. The normalized spacial score (nSPS) is 10.5. The van der Waals surface area contributed by atoms with Gasteiger partial charge in [0, 0.05) is 29.4 Å². The summed E-state index contributed by atoms with van der Waals surface area (Å²) in [6, 6.07) is 24.7. The molecule has 0 radical (unpaired) electrons. The summed E-state index contributed by atoms with van der Waals surface area (Å²) in [7, 11) is 0. The van der Waals surface area contributed by atoms with E-state index in [1.807, 2.05) is 66.9 Å². The molecule has 3 aromatic carbocycles. The van der Waals surface area contributed by atoms with Gasteiger partial charge in [0.15, 0.2) is 0 Å². The van der Waals surface area contributed by atoms with Crippen molar-refractivity contribution in [3.8, 4) is 16.9 Å². The lowest BCUT2D eigenvalue weighted by atomic mass is 10.1. The van der Waals surface area contributed by atoms with Gasteiger partial charge in [0.05, 0.1) is 17.9 Å². The fourth-order valence-corrected chi connectivity index (χ4v) is 3.24. The molecule has 0 saturated carbocycles. The standard InChI is InChI=1S/C25H21FN4O2/c26-21-11-7-10-19(14-21)25(32)28-16-23(31)27-15-20-17-30(22-12-5-2-6-13-22)29-24(20)18-8-3-1-4-9-18/h1-14,17H,15-16H2,(H,27,31)(H,28,32). The van der Waals surface area contributed by atoms with Crippen LogP contribution in [0, 0.1) is 5.82 Å². The van der Waals surface area contributed by atoms with Crippen molar-refractivity contribution in [2.45, 2.75) is 6.54 Å². The zero-order chi connectivity index (χ0) is 22.3. The van der Waals surface area contributed by atoms with Crippen LogP contribution in [-0.4, -0.2) is 28.1 Å². The Bertz CT molecular complexity index is 1220. The molecule has 0 saturated heterocycles. The molecule has 0 bridgehead atoms. The summed E-state index contributed by atoms with van der Waals surface area (Å²) < 4.78 is 15.0. The van der Waals surface area contributed by atoms with Crippen molar-refractivity contribution < 1.29 is 14.0 Å². The molecule has 7 heteroatoms. The molecule has 2 N–H and O–H groups in total. The van der Waals surface area contributed by atoms with Crippen molar-refractivity contribution in [3.63, 3.8) is 0 Å². The maximum atomic E-state index is 13.3. The molecule has 0 aliphatic heterocycles. The third kappa shape index (κ3) is 5.07. The topological polar surface area (TPSA) is 76.0 Å². The maximum Gasteiger partial charge on any atom is 0.251 e. The predicted octanol–water partition coefficient (Wildman–Crippen LogP) is 3.72. The smallest absolute Gasteiger partial charge is 0.251 e. The van der Waals surface area contributed by atoms with Gasteiger partial charge in [-0.1, -0.05) is 54.6 Å². The highest BCUT2D eigenvalue weighted by Gasteiger charge is 2.14. The second-order valence-corrected chi connectivity index (χ2v) is 7.12. The summed E-state index contributed by atoms with van der Waals surface area (Å²) in [5.74, 6) is -1.38. The number of halogens is 1. The zero-order valence-electron chi connectivity index (χ0n) is 17.2. The largest absolute Gasteiger partial charge is 0.350 e. The highest BCUT2D eigenvalue weighted by Crippen LogP contribution is 2.23. The molecule has 0 aliphatic rings. The molecule has 0 fully saturated rings. The Morgan fingerprint density at radius 1 is 0.875 bits per heavy atom. The SMILES string of the molecule is O=C(CNC(=O)c1cccc(F)c1)NCc1cn(-c2ccccc2)nc1-c1ccccc1. The Labute approximate surface area is 184 Å². The fraction of sp³-hybridized carbons (Fsp3) is 0.0800. The quantitative estimate of drug-likeness (QED) is 0.471. The van der Waals surface area contributed by atoms with Gasteiger partial charge in [0.1, 0.15) is 5.82 Å². The zero-order valence-corrected chi connectivity index (χ0v) is 17.2. The predicted molar refractivity (Wildman–Crippen MR) is 120 cm³/mol.